The number of ether oxygens (including phenoxy) is 3. The molecule has 0 aromatic rings. The highest BCUT2D eigenvalue weighted by molar-refractivity contribution is 5.86. The topological polar surface area (TPSA) is 86.2 Å². The van der Waals surface area contributed by atoms with Crippen molar-refractivity contribution in [2.45, 2.75) is 58.6 Å². The van der Waals surface area contributed by atoms with Crippen molar-refractivity contribution in [1.29, 1.82) is 0 Å². The number of nitrogens with zero attached hydrogens (tertiary/aromatic N) is 1. The lowest BCUT2D eigenvalue weighted by Crippen LogP contribution is -2.33. The molecule has 1 aliphatic heterocycles. The Hall–Kier alpha value is -1.79. The number of alkyl carbamates (subject to hydrolysis) is 1. The number of hydrogen-bond donors (Lipinski definition) is 1. The van der Waals surface area contributed by atoms with Gasteiger partial charge in [0.25, 0.3) is 0 Å². The van der Waals surface area contributed by atoms with Crippen LogP contribution in [0, 0.1) is 5.92 Å². The summed E-state index contributed by atoms with van der Waals surface area (Å²) in [4.78, 5) is 27.1. The SMILES string of the molecule is COC(=O)C1COC(C(C)CCCCNC(=O)OC(C)(C)C)=N1. The Labute approximate surface area is 137 Å². The van der Waals surface area contributed by atoms with Crippen LogP contribution in [-0.2, 0) is 19.0 Å². The molecule has 7 nitrogen and oxygen atoms in total. The van der Waals surface area contributed by atoms with Gasteiger partial charge in [0, 0.05) is 12.5 Å². The molecule has 0 aromatic heterocycles. The van der Waals surface area contributed by atoms with E-state index in [1.807, 2.05) is 27.7 Å². The maximum atomic E-state index is 11.5. The van der Waals surface area contributed by atoms with Crippen molar-refractivity contribution in [1.82, 2.24) is 5.32 Å². The fourth-order valence-electron chi connectivity index (χ4n) is 2.12. The summed E-state index contributed by atoms with van der Waals surface area (Å²) in [6.45, 7) is 8.33. The quantitative estimate of drug-likeness (QED) is 0.572. The van der Waals surface area contributed by atoms with Crippen LogP contribution in [0.4, 0.5) is 4.79 Å². The van der Waals surface area contributed by atoms with Gasteiger partial charge in [0.15, 0.2) is 11.9 Å². The zero-order chi connectivity index (χ0) is 17.5. The van der Waals surface area contributed by atoms with Gasteiger partial charge in [0.2, 0.25) is 0 Å². The molecule has 1 rings (SSSR count). The average molecular weight is 328 g/mol. The first-order valence-corrected chi connectivity index (χ1v) is 7.98. The molecule has 0 aliphatic carbocycles. The van der Waals surface area contributed by atoms with Crippen LogP contribution >= 0.6 is 0 Å². The van der Waals surface area contributed by atoms with Gasteiger partial charge in [-0.25, -0.2) is 14.6 Å². The smallest absolute Gasteiger partial charge is 0.407 e. The fourth-order valence-corrected chi connectivity index (χ4v) is 2.12. The van der Waals surface area contributed by atoms with Crippen LogP contribution in [0.25, 0.3) is 0 Å². The predicted molar refractivity (Wildman–Crippen MR) is 86.4 cm³/mol. The van der Waals surface area contributed by atoms with Gasteiger partial charge in [-0.15, -0.1) is 0 Å². The molecule has 23 heavy (non-hydrogen) atoms. The molecule has 0 aromatic carbocycles. The van der Waals surface area contributed by atoms with Crippen LogP contribution in [0.15, 0.2) is 4.99 Å². The summed E-state index contributed by atoms with van der Waals surface area (Å²) in [6, 6.07) is -0.536. The zero-order valence-corrected chi connectivity index (χ0v) is 14.7. The molecule has 1 aliphatic rings. The minimum absolute atomic E-state index is 0.145. The van der Waals surface area contributed by atoms with Crippen molar-refractivity contribution in [3.63, 3.8) is 0 Å². The van der Waals surface area contributed by atoms with E-state index in [0.717, 1.165) is 19.3 Å². The summed E-state index contributed by atoms with van der Waals surface area (Å²) in [6.07, 6.45) is 2.25. The summed E-state index contributed by atoms with van der Waals surface area (Å²) in [5.74, 6) is 0.389. The van der Waals surface area contributed by atoms with Crippen molar-refractivity contribution in [3.8, 4) is 0 Å². The Morgan fingerprint density at radius 3 is 2.70 bits per heavy atom. The molecule has 1 amide bonds. The van der Waals surface area contributed by atoms with E-state index in [4.69, 9.17) is 9.47 Å². The zero-order valence-electron chi connectivity index (χ0n) is 14.7. The monoisotopic (exact) mass is 328 g/mol. The van der Waals surface area contributed by atoms with Crippen LogP contribution in [0.5, 0.6) is 0 Å². The van der Waals surface area contributed by atoms with Gasteiger partial charge in [-0.1, -0.05) is 13.3 Å². The molecule has 1 heterocycles. The third kappa shape index (κ3) is 7.34. The Bertz CT molecular complexity index is 442. The van der Waals surface area contributed by atoms with Gasteiger partial charge < -0.3 is 19.5 Å². The number of unbranched alkanes of at least 4 members (excludes halogenated alkanes) is 1. The number of hydrogen-bond acceptors (Lipinski definition) is 6. The second kappa shape index (κ2) is 8.74. The molecule has 7 heteroatoms. The molecule has 0 spiro atoms. The first-order valence-electron chi connectivity index (χ1n) is 7.98. The summed E-state index contributed by atoms with van der Waals surface area (Å²) in [5, 5.41) is 2.73. The van der Waals surface area contributed by atoms with Crippen LogP contribution in [0.3, 0.4) is 0 Å². The number of rotatable bonds is 7. The third-order valence-corrected chi connectivity index (χ3v) is 3.30. The highest BCUT2D eigenvalue weighted by atomic mass is 16.6. The summed E-state index contributed by atoms with van der Waals surface area (Å²) < 4.78 is 15.3. The van der Waals surface area contributed by atoms with Crippen molar-refractivity contribution in [3.05, 3.63) is 0 Å². The Morgan fingerprint density at radius 2 is 2.09 bits per heavy atom. The van der Waals surface area contributed by atoms with Crippen LogP contribution < -0.4 is 5.32 Å². The predicted octanol–water partition coefficient (Wildman–Crippen LogP) is 2.29. The van der Waals surface area contributed by atoms with Crippen molar-refractivity contribution in [2.24, 2.45) is 10.9 Å². The lowest BCUT2D eigenvalue weighted by Gasteiger charge is -2.19. The van der Waals surface area contributed by atoms with E-state index in [2.05, 4.69) is 15.0 Å². The van der Waals surface area contributed by atoms with Crippen molar-refractivity contribution < 1.29 is 23.8 Å². The molecule has 1 N–H and O–H groups in total. The number of amides is 1. The molecule has 0 saturated carbocycles. The van der Waals surface area contributed by atoms with E-state index >= 15 is 0 Å². The largest absolute Gasteiger partial charge is 0.478 e. The molecule has 0 bridgehead atoms. The molecular formula is C16H28N2O5. The molecule has 2 unspecified atom stereocenters. The summed E-state index contributed by atoms with van der Waals surface area (Å²) >= 11 is 0. The van der Waals surface area contributed by atoms with E-state index in [1.165, 1.54) is 7.11 Å². The molecule has 0 saturated heterocycles. The highest BCUT2D eigenvalue weighted by Crippen LogP contribution is 2.17. The molecule has 0 radical (unpaired) electrons. The van der Waals surface area contributed by atoms with E-state index < -0.39 is 17.7 Å². The molecule has 2 atom stereocenters. The van der Waals surface area contributed by atoms with Gasteiger partial charge in [-0.2, -0.15) is 0 Å². The Balaban J connectivity index is 2.19. The van der Waals surface area contributed by atoms with Gasteiger partial charge >= 0.3 is 12.1 Å². The first-order chi connectivity index (χ1) is 10.7. The third-order valence-electron chi connectivity index (χ3n) is 3.30. The maximum Gasteiger partial charge on any atom is 0.407 e. The average Bonchev–Trinajstić information content (AvgIpc) is 2.93. The van der Waals surface area contributed by atoms with E-state index in [9.17, 15) is 9.59 Å². The lowest BCUT2D eigenvalue weighted by molar-refractivity contribution is -0.142. The van der Waals surface area contributed by atoms with E-state index in [-0.39, 0.29) is 18.5 Å². The van der Waals surface area contributed by atoms with E-state index in [1.54, 1.807) is 0 Å². The second-order valence-electron chi connectivity index (χ2n) is 6.64. The Kier molecular flexibility index (Phi) is 7.32. The van der Waals surface area contributed by atoms with Crippen LogP contribution in [0.2, 0.25) is 0 Å². The number of nitrogens with one attached hydrogen (secondary N) is 1. The van der Waals surface area contributed by atoms with E-state index in [0.29, 0.717) is 12.4 Å². The number of aliphatic imine (C=N–C) groups is 1. The molecule has 0 fully saturated rings. The number of carbonyl (C=O) groups excluding carboxylic acids is 2. The van der Waals surface area contributed by atoms with Gasteiger partial charge in [0.05, 0.1) is 7.11 Å². The minimum Gasteiger partial charge on any atom is -0.478 e. The highest BCUT2D eigenvalue weighted by Gasteiger charge is 2.28. The fraction of sp³-hybridized carbons (Fsp3) is 0.812. The molecular weight excluding hydrogens is 300 g/mol. The van der Waals surface area contributed by atoms with Gasteiger partial charge in [-0.05, 0) is 33.6 Å². The summed E-state index contributed by atoms with van der Waals surface area (Å²) in [7, 11) is 1.34. The molecule has 132 valence electrons. The van der Waals surface area contributed by atoms with Crippen molar-refractivity contribution >= 4 is 18.0 Å². The van der Waals surface area contributed by atoms with Crippen LogP contribution in [-0.4, -0.2) is 49.9 Å². The maximum absolute atomic E-state index is 11.5. The number of methoxy groups -OCH3 is 1. The van der Waals surface area contributed by atoms with Gasteiger partial charge in [-0.3, -0.25) is 0 Å². The van der Waals surface area contributed by atoms with Crippen molar-refractivity contribution in [2.75, 3.05) is 20.3 Å². The number of carbonyl (C=O) groups is 2. The van der Waals surface area contributed by atoms with Gasteiger partial charge in [0.1, 0.15) is 12.2 Å². The lowest BCUT2D eigenvalue weighted by atomic mass is 10.0. The normalized spacial score (nSPS) is 18.7. The second-order valence-corrected chi connectivity index (χ2v) is 6.64. The number of esters is 1. The summed E-state index contributed by atoms with van der Waals surface area (Å²) in [5.41, 5.74) is -0.479. The first kappa shape index (κ1) is 19.3. The Morgan fingerprint density at radius 1 is 1.39 bits per heavy atom. The standard InChI is InChI=1S/C16H28N2O5/c1-11(13-18-12(10-22-13)14(19)21-5)8-6-7-9-17-15(20)23-16(2,3)4/h11-12H,6-10H2,1-5H3,(H,17,20). The minimum atomic E-state index is -0.536. The van der Waals surface area contributed by atoms with Crippen LogP contribution in [0.1, 0.15) is 47.0 Å².